The molecule has 1 unspecified atom stereocenters. The molecule has 1 fully saturated rings. The Balaban J connectivity index is 1.86. The second-order valence-electron chi connectivity index (χ2n) is 6.44. The highest BCUT2D eigenvalue weighted by Crippen LogP contribution is 2.27. The van der Waals surface area contributed by atoms with Gasteiger partial charge in [-0.05, 0) is 55.3 Å². The number of ether oxygens (including phenoxy) is 1. The third kappa shape index (κ3) is 5.07. The van der Waals surface area contributed by atoms with E-state index in [9.17, 15) is 18.0 Å². The van der Waals surface area contributed by atoms with Gasteiger partial charge in [-0.1, -0.05) is 15.9 Å². The molecule has 2 amide bonds. The van der Waals surface area contributed by atoms with E-state index in [1.807, 2.05) is 0 Å². The van der Waals surface area contributed by atoms with E-state index in [-0.39, 0.29) is 22.1 Å². The van der Waals surface area contributed by atoms with Crippen LogP contribution in [-0.4, -0.2) is 39.9 Å². The Morgan fingerprint density at radius 1 is 1.21 bits per heavy atom. The van der Waals surface area contributed by atoms with Crippen LogP contribution in [0.15, 0.2) is 51.8 Å². The number of halogens is 1. The monoisotopic (exact) mass is 481 g/mol. The van der Waals surface area contributed by atoms with Gasteiger partial charge in [0.25, 0.3) is 15.9 Å². The lowest BCUT2D eigenvalue weighted by atomic mass is 10.1. The zero-order valence-corrected chi connectivity index (χ0v) is 18.0. The van der Waals surface area contributed by atoms with Crippen molar-refractivity contribution in [3.63, 3.8) is 0 Å². The summed E-state index contributed by atoms with van der Waals surface area (Å²) in [6.07, 6.45) is 1.29. The molecule has 1 heterocycles. The summed E-state index contributed by atoms with van der Waals surface area (Å²) in [6.45, 7) is 0.581. The Morgan fingerprint density at radius 2 is 1.93 bits per heavy atom. The summed E-state index contributed by atoms with van der Waals surface area (Å²) in [5.41, 5.74) is 0.476. The number of amides is 2. The maximum Gasteiger partial charge on any atom is 0.265 e. The number of carbonyl (C=O) groups is 2. The van der Waals surface area contributed by atoms with Crippen LogP contribution in [0.4, 0.5) is 5.69 Å². The fourth-order valence-electron chi connectivity index (χ4n) is 2.91. The number of piperidine rings is 1. The second kappa shape index (κ2) is 8.83. The molecule has 2 aromatic rings. The van der Waals surface area contributed by atoms with Gasteiger partial charge >= 0.3 is 0 Å². The van der Waals surface area contributed by atoms with Gasteiger partial charge in [0.15, 0.2) is 0 Å². The zero-order chi connectivity index (χ0) is 21.0. The van der Waals surface area contributed by atoms with E-state index >= 15 is 0 Å². The summed E-state index contributed by atoms with van der Waals surface area (Å²) in [7, 11) is -2.67. The highest BCUT2D eigenvalue weighted by molar-refractivity contribution is 9.10. The van der Waals surface area contributed by atoms with Gasteiger partial charge in [-0.15, -0.1) is 0 Å². The van der Waals surface area contributed by atoms with Crippen LogP contribution in [-0.2, 0) is 14.8 Å². The van der Waals surface area contributed by atoms with Gasteiger partial charge in [-0.2, -0.15) is 0 Å². The number of rotatable bonds is 6. The molecular formula is C19H20BrN3O5S. The fraction of sp³-hybridized carbons (Fsp3) is 0.263. The van der Waals surface area contributed by atoms with Crippen molar-refractivity contribution < 1.29 is 22.7 Å². The number of hydrogen-bond donors (Lipinski definition) is 3. The lowest BCUT2D eigenvalue weighted by molar-refractivity contribution is -0.124. The van der Waals surface area contributed by atoms with Crippen molar-refractivity contribution in [3.8, 4) is 5.75 Å². The van der Waals surface area contributed by atoms with Crippen molar-refractivity contribution in [2.24, 2.45) is 0 Å². The van der Waals surface area contributed by atoms with E-state index in [4.69, 9.17) is 4.74 Å². The molecule has 8 nitrogen and oxygen atoms in total. The Morgan fingerprint density at radius 3 is 2.59 bits per heavy atom. The van der Waals surface area contributed by atoms with Gasteiger partial charge in [-0.3, -0.25) is 14.3 Å². The Labute approximate surface area is 177 Å². The summed E-state index contributed by atoms with van der Waals surface area (Å²) >= 11 is 3.29. The van der Waals surface area contributed by atoms with Crippen LogP contribution in [0.3, 0.4) is 0 Å². The van der Waals surface area contributed by atoms with Crippen LogP contribution in [0.1, 0.15) is 23.2 Å². The lowest BCUT2D eigenvalue weighted by Gasteiger charge is -2.23. The van der Waals surface area contributed by atoms with E-state index in [0.717, 1.165) is 10.9 Å². The summed E-state index contributed by atoms with van der Waals surface area (Å²) in [4.78, 5) is 24.3. The number of carbonyl (C=O) groups excluding carboxylic acids is 2. The maximum absolute atomic E-state index is 12.9. The van der Waals surface area contributed by atoms with Crippen molar-refractivity contribution in [2.75, 3.05) is 18.4 Å². The summed E-state index contributed by atoms with van der Waals surface area (Å²) < 4.78 is 34.2. The summed E-state index contributed by atoms with van der Waals surface area (Å²) in [5.74, 6) is -0.681. The molecule has 10 heteroatoms. The number of nitrogens with one attached hydrogen (secondary N) is 3. The molecule has 1 aliphatic rings. The minimum Gasteiger partial charge on any atom is -0.495 e. The van der Waals surface area contributed by atoms with Gasteiger partial charge in [0, 0.05) is 22.3 Å². The van der Waals surface area contributed by atoms with Crippen LogP contribution in [0, 0.1) is 0 Å². The van der Waals surface area contributed by atoms with Gasteiger partial charge in [0.2, 0.25) is 5.91 Å². The third-order valence-corrected chi connectivity index (χ3v) is 6.33. The van der Waals surface area contributed by atoms with Crippen molar-refractivity contribution in [1.82, 2.24) is 10.6 Å². The molecule has 0 bridgehead atoms. The molecule has 0 radical (unpaired) electrons. The van der Waals surface area contributed by atoms with Crippen molar-refractivity contribution in [1.29, 1.82) is 0 Å². The van der Waals surface area contributed by atoms with Crippen LogP contribution in [0.5, 0.6) is 5.75 Å². The molecule has 154 valence electrons. The van der Waals surface area contributed by atoms with E-state index in [2.05, 4.69) is 31.3 Å². The minimum atomic E-state index is -4.02. The Hall–Kier alpha value is -2.59. The highest BCUT2D eigenvalue weighted by atomic mass is 79.9. The number of methoxy groups -OCH3 is 1. The molecule has 3 rings (SSSR count). The van der Waals surface area contributed by atoms with Crippen molar-refractivity contribution in [2.45, 2.75) is 23.8 Å². The predicted molar refractivity (Wildman–Crippen MR) is 111 cm³/mol. The lowest BCUT2D eigenvalue weighted by Crippen LogP contribution is -2.50. The Bertz CT molecular complexity index is 1020. The first-order chi connectivity index (χ1) is 13.8. The standard InChI is InChI=1S/C19H20BrN3O5S/c1-28-16-9-4-12(18(24)22-15-3-2-10-21-19(15)25)11-17(16)29(26,27)23-14-7-5-13(20)6-8-14/h4-9,11,15,23H,2-3,10H2,1H3,(H,21,25)(H,22,24). The second-order valence-corrected chi connectivity index (χ2v) is 9.00. The average molecular weight is 482 g/mol. The minimum absolute atomic E-state index is 0.0987. The number of benzene rings is 2. The molecule has 0 spiro atoms. The van der Waals surface area contributed by atoms with Gasteiger partial charge in [-0.25, -0.2) is 8.42 Å². The molecule has 1 atom stereocenters. The van der Waals surface area contributed by atoms with Crippen LogP contribution < -0.4 is 20.1 Å². The first kappa shape index (κ1) is 21.1. The first-order valence-electron chi connectivity index (χ1n) is 8.85. The smallest absolute Gasteiger partial charge is 0.265 e. The predicted octanol–water partition coefficient (Wildman–Crippen LogP) is 2.27. The molecule has 1 saturated heterocycles. The van der Waals surface area contributed by atoms with Gasteiger partial charge in [0.05, 0.1) is 7.11 Å². The fourth-order valence-corrected chi connectivity index (χ4v) is 4.43. The third-order valence-electron chi connectivity index (χ3n) is 4.40. The van der Waals surface area contributed by atoms with Crippen LogP contribution >= 0.6 is 15.9 Å². The quantitative estimate of drug-likeness (QED) is 0.585. The SMILES string of the molecule is COc1ccc(C(=O)NC2CCCNC2=O)cc1S(=O)(=O)Nc1ccc(Br)cc1. The van der Waals surface area contributed by atoms with Crippen molar-refractivity contribution in [3.05, 3.63) is 52.5 Å². The van der Waals surface area contributed by atoms with Gasteiger partial charge in [0.1, 0.15) is 16.7 Å². The molecule has 29 heavy (non-hydrogen) atoms. The number of hydrogen-bond acceptors (Lipinski definition) is 5. The molecule has 0 saturated carbocycles. The van der Waals surface area contributed by atoms with Crippen LogP contribution in [0.25, 0.3) is 0 Å². The van der Waals surface area contributed by atoms with E-state index < -0.39 is 22.0 Å². The average Bonchev–Trinajstić information content (AvgIpc) is 2.70. The molecule has 3 N–H and O–H groups in total. The van der Waals surface area contributed by atoms with Crippen molar-refractivity contribution >= 4 is 43.5 Å². The topological polar surface area (TPSA) is 114 Å². The summed E-state index contributed by atoms with van der Waals surface area (Å²) in [5, 5.41) is 5.34. The maximum atomic E-state index is 12.9. The normalized spacial score (nSPS) is 16.6. The molecular weight excluding hydrogens is 462 g/mol. The van der Waals surface area contributed by atoms with Crippen LogP contribution in [0.2, 0.25) is 0 Å². The Kier molecular flexibility index (Phi) is 6.43. The van der Waals surface area contributed by atoms with E-state index in [1.54, 1.807) is 24.3 Å². The zero-order valence-electron chi connectivity index (χ0n) is 15.6. The molecule has 0 aliphatic carbocycles. The van der Waals surface area contributed by atoms with E-state index in [1.165, 1.54) is 25.3 Å². The molecule has 2 aromatic carbocycles. The molecule has 1 aliphatic heterocycles. The number of sulfonamides is 1. The summed E-state index contributed by atoms with van der Waals surface area (Å²) in [6, 6.07) is 10.1. The largest absolute Gasteiger partial charge is 0.495 e. The molecule has 0 aromatic heterocycles. The van der Waals surface area contributed by atoms with Gasteiger partial charge < -0.3 is 15.4 Å². The number of anilines is 1. The highest BCUT2D eigenvalue weighted by Gasteiger charge is 2.26. The first-order valence-corrected chi connectivity index (χ1v) is 11.1. The van der Waals surface area contributed by atoms with E-state index in [0.29, 0.717) is 18.7 Å².